The number of hydrogen-bond donors (Lipinski definition) is 0. The number of carbonyl (C=O) groups excluding carboxylic acids is 1. The molecule has 4 rings (SSSR count). The van der Waals surface area contributed by atoms with Crippen molar-refractivity contribution in [1.29, 1.82) is 5.26 Å². The van der Waals surface area contributed by atoms with Crippen LogP contribution in [0.25, 0.3) is 11.1 Å². The molecule has 0 radical (unpaired) electrons. The van der Waals surface area contributed by atoms with Crippen molar-refractivity contribution in [2.45, 2.75) is 25.2 Å². The van der Waals surface area contributed by atoms with E-state index in [1.165, 1.54) is 23.6 Å². The molecule has 1 aliphatic heterocycles. The fourth-order valence-electron chi connectivity index (χ4n) is 4.31. The molecule has 2 aromatic heterocycles. The second-order valence-corrected chi connectivity index (χ2v) is 10.5. The minimum Gasteiger partial charge on any atom is -0.333 e. The summed E-state index contributed by atoms with van der Waals surface area (Å²) in [6.45, 7) is 0.968. The standard InChI is InChI=1S/C25H23ClF3N5OS/c1-32(2)10-5-8-23(35)33-13-19(18-12-22(26)36-21(18)15-33)16-6-3-4-7-17(16)20-14-34(11-9-30)31-24(20)25(27,28)29/h3-8,12,14,19H,10-11,13,15H2,1-2H3/b8-5+/t19-/m0/s1. The number of nitriles is 1. The first kappa shape index (κ1) is 25.9. The molecule has 3 aromatic rings. The number of fused-ring (bicyclic) bond motifs is 1. The summed E-state index contributed by atoms with van der Waals surface area (Å²) in [6.07, 6.45) is -0.147. The van der Waals surface area contributed by atoms with Crippen LogP contribution < -0.4 is 0 Å². The maximum absolute atomic E-state index is 13.9. The predicted octanol–water partition coefficient (Wildman–Crippen LogP) is 5.40. The Labute approximate surface area is 215 Å². The van der Waals surface area contributed by atoms with Crippen molar-refractivity contribution >= 4 is 28.8 Å². The van der Waals surface area contributed by atoms with Crippen molar-refractivity contribution in [3.05, 3.63) is 74.7 Å². The lowest BCUT2D eigenvalue weighted by Crippen LogP contribution is -2.37. The summed E-state index contributed by atoms with van der Waals surface area (Å²) in [5.74, 6) is -0.562. The van der Waals surface area contributed by atoms with E-state index in [0.717, 1.165) is 15.1 Å². The molecule has 1 aromatic carbocycles. The summed E-state index contributed by atoms with van der Waals surface area (Å²) in [7, 11) is 3.80. The van der Waals surface area contributed by atoms with Gasteiger partial charge >= 0.3 is 6.18 Å². The zero-order valence-corrected chi connectivity index (χ0v) is 21.2. The van der Waals surface area contributed by atoms with Gasteiger partial charge < -0.3 is 9.80 Å². The molecule has 0 unspecified atom stereocenters. The van der Waals surface area contributed by atoms with E-state index >= 15 is 0 Å². The van der Waals surface area contributed by atoms with Gasteiger partial charge in [-0.1, -0.05) is 41.9 Å². The molecule has 1 amide bonds. The van der Waals surface area contributed by atoms with Crippen LogP contribution >= 0.6 is 22.9 Å². The number of halogens is 4. The molecule has 6 nitrogen and oxygen atoms in total. The summed E-state index contributed by atoms with van der Waals surface area (Å²) in [6, 6.07) is 10.5. The third-order valence-corrected chi connectivity index (χ3v) is 7.12. The topological polar surface area (TPSA) is 65.2 Å². The lowest BCUT2D eigenvalue weighted by molar-refractivity contribution is -0.141. The Balaban J connectivity index is 1.79. The highest BCUT2D eigenvalue weighted by Gasteiger charge is 2.39. The number of nitrogens with zero attached hydrogens (tertiary/aromatic N) is 5. The van der Waals surface area contributed by atoms with Gasteiger partial charge in [-0.3, -0.25) is 9.48 Å². The van der Waals surface area contributed by atoms with Crippen molar-refractivity contribution < 1.29 is 18.0 Å². The zero-order valence-electron chi connectivity index (χ0n) is 19.6. The number of likely N-dealkylation sites (N-methyl/N-ethyl adjacent to an activating group) is 1. The third-order valence-electron chi connectivity index (χ3n) is 5.86. The molecule has 0 fully saturated rings. The van der Waals surface area contributed by atoms with E-state index in [1.807, 2.05) is 31.1 Å². The van der Waals surface area contributed by atoms with Crippen LogP contribution in [0, 0.1) is 11.3 Å². The van der Waals surface area contributed by atoms with Gasteiger partial charge in [-0.15, -0.1) is 11.3 Å². The van der Waals surface area contributed by atoms with Crippen LogP contribution in [0.5, 0.6) is 0 Å². The van der Waals surface area contributed by atoms with E-state index in [2.05, 4.69) is 5.10 Å². The molecule has 188 valence electrons. The number of alkyl halides is 3. The Hall–Kier alpha value is -3.13. The fourth-order valence-corrected chi connectivity index (χ4v) is 5.67. The Morgan fingerprint density at radius 1 is 1.31 bits per heavy atom. The molecule has 0 aliphatic carbocycles. The monoisotopic (exact) mass is 533 g/mol. The van der Waals surface area contributed by atoms with E-state index in [4.69, 9.17) is 16.9 Å². The first-order chi connectivity index (χ1) is 17.1. The second-order valence-electron chi connectivity index (χ2n) is 8.70. The molecule has 11 heteroatoms. The second kappa shape index (κ2) is 10.5. The van der Waals surface area contributed by atoms with Crippen LogP contribution in [0.1, 0.15) is 27.6 Å². The number of aromatic nitrogens is 2. The smallest absolute Gasteiger partial charge is 0.333 e. The van der Waals surface area contributed by atoms with E-state index < -0.39 is 11.9 Å². The molecular formula is C25H23ClF3N5OS. The third kappa shape index (κ3) is 5.48. The van der Waals surface area contributed by atoms with Crippen LogP contribution in [-0.2, 0) is 24.1 Å². The lowest BCUT2D eigenvalue weighted by atomic mass is 9.84. The van der Waals surface area contributed by atoms with Crippen molar-refractivity contribution in [1.82, 2.24) is 19.6 Å². The molecule has 1 aliphatic rings. The Morgan fingerprint density at radius 2 is 2.06 bits per heavy atom. The summed E-state index contributed by atoms with van der Waals surface area (Å²) >= 11 is 7.70. The average molecular weight is 534 g/mol. The van der Waals surface area contributed by atoms with Crippen LogP contribution in [0.15, 0.2) is 48.7 Å². The Kier molecular flexibility index (Phi) is 7.54. The number of thiophene rings is 1. The maximum Gasteiger partial charge on any atom is 0.435 e. The molecular weight excluding hydrogens is 511 g/mol. The predicted molar refractivity (Wildman–Crippen MR) is 133 cm³/mol. The van der Waals surface area contributed by atoms with Gasteiger partial charge in [0.25, 0.3) is 0 Å². The van der Waals surface area contributed by atoms with E-state index in [9.17, 15) is 18.0 Å². The largest absolute Gasteiger partial charge is 0.435 e. The molecule has 0 bridgehead atoms. The number of carbonyl (C=O) groups is 1. The molecule has 0 saturated heterocycles. The average Bonchev–Trinajstić information content (AvgIpc) is 3.41. The van der Waals surface area contributed by atoms with Crippen molar-refractivity contribution in [2.75, 3.05) is 27.2 Å². The Morgan fingerprint density at radius 3 is 2.75 bits per heavy atom. The molecule has 3 heterocycles. The van der Waals surface area contributed by atoms with Gasteiger partial charge in [0.05, 0.1) is 17.0 Å². The lowest BCUT2D eigenvalue weighted by Gasteiger charge is -2.33. The summed E-state index contributed by atoms with van der Waals surface area (Å²) < 4.78 is 43.3. The zero-order chi connectivity index (χ0) is 26.0. The summed E-state index contributed by atoms with van der Waals surface area (Å²) in [5, 5.41) is 12.6. The van der Waals surface area contributed by atoms with Gasteiger partial charge in [0.15, 0.2) is 5.69 Å². The molecule has 0 spiro atoms. The van der Waals surface area contributed by atoms with Crippen molar-refractivity contribution in [2.24, 2.45) is 0 Å². The highest BCUT2D eigenvalue weighted by molar-refractivity contribution is 7.16. The first-order valence-corrected chi connectivity index (χ1v) is 12.3. The van der Waals surface area contributed by atoms with Gasteiger partial charge in [0, 0.05) is 41.7 Å². The highest BCUT2D eigenvalue weighted by atomic mass is 35.5. The quantitative estimate of drug-likeness (QED) is 0.398. The SMILES string of the molecule is CN(C)C/C=C/C(=O)N1Cc2sc(Cl)cc2[C@H](c2ccccc2-c2cn(CC#N)nc2C(F)(F)F)C1. The van der Waals surface area contributed by atoms with E-state index in [1.54, 1.807) is 35.2 Å². The van der Waals surface area contributed by atoms with Gasteiger partial charge in [-0.05, 0) is 36.9 Å². The van der Waals surface area contributed by atoms with Crippen LogP contribution in [0.3, 0.4) is 0 Å². The summed E-state index contributed by atoms with van der Waals surface area (Å²) in [4.78, 5) is 17.5. The molecule has 0 saturated carbocycles. The summed E-state index contributed by atoms with van der Waals surface area (Å²) in [5.41, 5.74) is 0.723. The Bertz CT molecular complexity index is 1340. The normalized spacial score (nSPS) is 15.9. The number of hydrogen-bond acceptors (Lipinski definition) is 5. The highest BCUT2D eigenvalue weighted by Crippen LogP contribution is 2.45. The number of benzene rings is 1. The van der Waals surface area contributed by atoms with Crippen molar-refractivity contribution in [3.63, 3.8) is 0 Å². The van der Waals surface area contributed by atoms with Crippen LogP contribution in [0.4, 0.5) is 13.2 Å². The molecule has 1 atom stereocenters. The van der Waals surface area contributed by atoms with Crippen LogP contribution in [0.2, 0.25) is 4.34 Å². The van der Waals surface area contributed by atoms with Crippen LogP contribution in [-0.4, -0.2) is 52.7 Å². The molecule has 36 heavy (non-hydrogen) atoms. The van der Waals surface area contributed by atoms with Gasteiger partial charge in [-0.25, -0.2) is 0 Å². The van der Waals surface area contributed by atoms with Crippen molar-refractivity contribution in [3.8, 4) is 17.2 Å². The number of amides is 1. The minimum atomic E-state index is -4.70. The minimum absolute atomic E-state index is 0.106. The fraction of sp³-hybridized carbons (Fsp3) is 0.320. The number of rotatable bonds is 6. The maximum atomic E-state index is 13.9. The van der Waals surface area contributed by atoms with Gasteiger partial charge in [0.2, 0.25) is 5.91 Å². The first-order valence-electron chi connectivity index (χ1n) is 11.1. The van der Waals surface area contributed by atoms with E-state index in [-0.39, 0.29) is 30.5 Å². The molecule has 0 N–H and O–H groups in total. The van der Waals surface area contributed by atoms with Gasteiger partial charge in [-0.2, -0.15) is 23.5 Å². The van der Waals surface area contributed by atoms with Gasteiger partial charge in [0.1, 0.15) is 6.54 Å². The van der Waals surface area contributed by atoms with E-state index in [0.29, 0.717) is 28.6 Å².